The van der Waals surface area contributed by atoms with Gasteiger partial charge in [-0.2, -0.15) is 0 Å². The molecule has 116 valence electrons. The minimum Gasteiger partial charge on any atom is -0.493 e. The molecule has 0 aliphatic carbocycles. The molecule has 1 amide bonds. The van der Waals surface area contributed by atoms with Gasteiger partial charge < -0.3 is 19.5 Å². The van der Waals surface area contributed by atoms with Crippen molar-refractivity contribution in [2.24, 2.45) is 0 Å². The van der Waals surface area contributed by atoms with Crippen LogP contribution >= 0.6 is 15.9 Å². The molecule has 0 bridgehead atoms. The van der Waals surface area contributed by atoms with Crippen LogP contribution in [-0.2, 0) is 9.53 Å². The second kappa shape index (κ2) is 7.87. The Hall–Kier alpha value is -1.76. The number of nitrogens with one attached hydrogen (secondary N) is 1. The van der Waals surface area contributed by atoms with Crippen LogP contribution in [0.5, 0.6) is 11.5 Å². The normalized spacial score (nSPS) is 11.5. The first-order chi connectivity index (χ1) is 9.98. The van der Waals surface area contributed by atoms with Gasteiger partial charge in [-0.15, -0.1) is 0 Å². The zero-order chi connectivity index (χ0) is 16.0. The minimum absolute atomic E-state index is 0.343. The van der Waals surface area contributed by atoms with E-state index >= 15 is 0 Å². The Balaban J connectivity index is 3.04. The lowest BCUT2D eigenvalue weighted by atomic mass is 10.1. The molecule has 21 heavy (non-hydrogen) atoms. The Morgan fingerprint density at radius 2 is 1.76 bits per heavy atom. The molecule has 0 heterocycles. The summed E-state index contributed by atoms with van der Waals surface area (Å²) in [6.45, 7) is 1.78. The molecule has 0 saturated carbocycles. The summed E-state index contributed by atoms with van der Waals surface area (Å²) in [5.41, 5.74) is 0.343. The summed E-state index contributed by atoms with van der Waals surface area (Å²) in [6.07, 6.45) is 0.434. The topological polar surface area (TPSA) is 73.9 Å². The van der Waals surface area contributed by atoms with E-state index in [4.69, 9.17) is 9.47 Å². The molecule has 1 rings (SSSR count). The van der Waals surface area contributed by atoms with Crippen molar-refractivity contribution in [3.05, 3.63) is 22.2 Å². The summed E-state index contributed by atoms with van der Waals surface area (Å²) in [5.74, 6) is 0.0421. The van der Waals surface area contributed by atoms with E-state index in [1.807, 2.05) is 0 Å². The monoisotopic (exact) mass is 359 g/mol. The number of carbonyl (C=O) groups excluding carboxylic acids is 2. The van der Waals surface area contributed by atoms with E-state index in [0.717, 1.165) is 0 Å². The first-order valence-corrected chi connectivity index (χ1v) is 7.07. The van der Waals surface area contributed by atoms with Gasteiger partial charge in [0.15, 0.2) is 11.5 Å². The average molecular weight is 360 g/mol. The maximum absolute atomic E-state index is 12.3. The zero-order valence-electron chi connectivity index (χ0n) is 12.4. The molecule has 0 aromatic heterocycles. The maximum Gasteiger partial charge on any atom is 0.328 e. The number of halogens is 1. The Morgan fingerprint density at radius 3 is 2.24 bits per heavy atom. The quantitative estimate of drug-likeness (QED) is 0.787. The van der Waals surface area contributed by atoms with E-state index in [-0.39, 0.29) is 0 Å². The number of hydrogen-bond acceptors (Lipinski definition) is 5. The number of ether oxygens (including phenoxy) is 3. The third-order valence-corrected chi connectivity index (χ3v) is 3.57. The van der Waals surface area contributed by atoms with Gasteiger partial charge in [0.2, 0.25) is 0 Å². The number of methoxy groups -OCH3 is 3. The molecule has 7 heteroatoms. The summed E-state index contributed by atoms with van der Waals surface area (Å²) in [7, 11) is 4.27. The summed E-state index contributed by atoms with van der Waals surface area (Å²) >= 11 is 3.31. The van der Waals surface area contributed by atoms with Crippen molar-refractivity contribution in [2.45, 2.75) is 19.4 Å². The molecule has 0 unspecified atom stereocenters. The van der Waals surface area contributed by atoms with E-state index in [1.54, 1.807) is 19.1 Å². The molecule has 1 N–H and O–H groups in total. The predicted octanol–water partition coefficient (Wildman–Crippen LogP) is 2.15. The van der Waals surface area contributed by atoms with E-state index in [0.29, 0.717) is 28.0 Å². The van der Waals surface area contributed by atoms with Gasteiger partial charge in [0, 0.05) is 4.47 Å². The average Bonchev–Trinajstić information content (AvgIpc) is 2.50. The molecular formula is C14H18BrNO5. The van der Waals surface area contributed by atoms with Crippen LogP contribution in [-0.4, -0.2) is 39.2 Å². The first kappa shape index (κ1) is 17.3. The molecule has 1 atom stereocenters. The van der Waals surface area contributed by atoms with Gasteiger partial charge in [0.25, 0.3) is 5.91 Å². The van der Waals surface area contributed by atoms with Crippen LogP contribution in [0.2, 0.25) is 0 Å². The maximum atomic E-state index is 12.3. The van der Waals surface area contributed by atoms with Crippen molar-refractivity contribution in [2.75, 3.05) is 21.3 Å². The third-order valence-electron chi connectivity index (χ3n) is 2.92. The van der Waals surface area contributed by atoms with Gasteiger partial charge >= 0.3 is 5.97 Å². The van der Waals surface area contributed by atoms with Gasteiger partial charge in [-0.1, -0.05) is 6.92 Å². The van der Waals surface area contributed by atoms with E-state index in [1.165, 1.54) is 21.3 Å². The summed E-state index contributed by atoms with van der Waals surface area (Å²) in [5, 5.41) is 2.62. The summed E-state index contributed by atoms with van der Waals surface area (Å²) in [6, 6.07) is 2.48. The molecule has 6 nitrogen and oxygen atoms in total. The van der Waals surface area contributed by atoms with Gasteiger partial charge in [0.1, 0.15) is 6.04 Å². The first-order valence-electron chi connectivity index (χ1n) is 6.28. The lowest BCUT2D eigenvalue weighted by Gasteiger charge is -2.16. The highest BCUT2D eigenvalue weighted by molar-refractivity contribution is 9.10. The van der Waals surface area contributed by atoms with Crippen LogP contribution in [0.3, 0.4) is 0 Å². The predicted molar refractivity (Wildman–Crippen MR) is 80.8 cm³/mol. The van der Waals surface area contributed by atoms with Crippen LogP contribution in [0.1, 0.15) is 23.7 Å². The van der Waals surface area contributed by atoms with Crippen LogP contribution in [0.15, 0.2) is 16.6 Å². The van der Waals surface area contributed by atoms with Crippen LogP contribution in [0, 0.1) is 0 Å². The number of rotatable bonds is 6. The van der Waals surface area contributed by atoms with Gasteiger partial charge in [0.05, 0.1) is 26.9 Å². The summed E-state index contributed by atoms with van der Waals surface area (Å²) < 4.78 is 15.5. The molecule has 1 aromatic rings. The van der Waals surface area contributed by atoms with Crippen molar-refractivity contribution < 1.29 is 23.8 Å². The van der Waals surface area contributed by atoms with Gasteiger partial charge in [-0.25, -0.2) is 4.79 Å². The molecular weight excluding hydrogens is 342 g/mol. The standard InChI is InChI=1S/C14H18BrNO5/c1-5-10(14(18)21-4)16-13(17)8-6-11(19-2)12(20-3)7-9(8)15/h6-7,10H,5H2,1-4H3,(H,16,17)/t10-/m0/s1. The van der Waals surface area contributed by atoms with Crippen molar-refractivity contribution in [1.29, 1.82) is 0 Å². The second-order valence-corrected chi connectivity index (χ2v) is 5.00. The van der Waals surface area contributed by atoms with Crippen molar-refractivity contribution in [1.82, 2.24) is 5.32 Å². The fourth-order valence-electron chi connectivity index (χ4n) is 1.73. The SMILES string of the molecule is CC[C@H](NC(=O)c1cc(OC)c(OC)cc1Br)C(=O)OC. The molecule has 0 aliphatic heterocycles. The molecule has 0 aliphatic rings. The minimum atomic E-state index is -0.692. The Labute approximate surface area is 131 Å². The molecule has 0 saturated heterocycles. The molecule has 0 radical (unpaired) electrons. The highest BCUT2D eigenvalue weighted by Crippen LogP contribution is 2.33. The molecule has 1 aromatic carbocycles. The third kappa shape index (κ3) is 4.10. The number of esters is 1. The number of amides is 1. The Morgan fingerprint density at radius 1 is 1.19 bits per heavy atom. The van der Waals surface area contributed by atoms with Crippen molar-refractivity contribution in [3.63, 3.8) is 0 Å². The fourth-order valence-corrected chi connectivity index (χ4v) is 2.24. The number of benzene rings is 1. The van der Waals surface area contributed by atoms with E-state index in [9.17, 15) is 9.59 Å². The van der Waals surface area contributed by atoms with Gasteiger partial charge in [-0.3, -0.25) is 4.79 Å². The van der Waals surface area contributed by atoms with Crippen molar-refractivity contribution in [3.8, 4) is 11.5 Å². The number of hydrogen-bond donors (Lipinski definition) is 1. The summed E-state index contributed by atoms with van der Waals surface area (Å²) in [4.78, 5) is 23.8. The number of carbonyl (C=O) groups is 2. The van der Waals surface area contributed by atoms with Crippen molar-refractivity contribution >= 4 is 27.8 Å². The van der Waals surface area contributed by atoms with Crippen LogP contribution in [0.25, 0.3) is 0 Å². The molecule has 0 fully saturated rings. The largest absolute Gasteiger partial charge is 0.493 e. The highest BCUT2D eigenvalue weighted by Gasteiger charge is 2.22. The Kier molecular flexibility index (Phi) is 6.48. The van der Waals surface area contributed by atoms with Crippen LogP contribution in [0.4, 0.5) is 0 Å². The smallest absolute Gasteiger partial charge is 0.328 e. The van der Waals surface area contributed by atoms with Crippen LogP contribution < -0.4 is 14.8 Å². The molecule has 0 spiro atoms. The fraction of sp³-hybridized carbons (Fsp3) is 0.429. The Bertz CT molecular complexity index is 532. The lowest BCUT2D eigenvalue weighted by Crippen LogP contribution is -2.41. The lowest BCUT2D eigenvalue weighted by molar-refractivity contribution is -0.142. The highest BCUT2D eigenvalue weighted by atomic mass is 79.9. The van der Waals surface area contributed by atoms with E-state index in [2.05, 4.69) is 26.0 Å². The zero-order valence-corrected chi connectivity index (χ0v) is 13.9. The van der Waals surface area contributed by atoms with Gasteiger partial charge in [-0.05, 0) is 34.5 Å². The van der Waals surface area contributed by atoms with E-state index < -0.39 is 17.9 Å². The second-order valence-electron chi connectivity index (χ2n) is 4.14.